The quantitative estimate of drug-likeness (QED) is 0.457. The van der Waals surface area contributed by atoms with Crippen LogP contribution >= 0.6 is 22.9 Å². The first kappa shape index (κ1) is 13.5. The van der Waals surface area contributed by atoms with E-state index in [9.17, 15) is 9.59 Å². The summed E-state index contributed by atoms with van der Waals surface area (Å²) in [5.41, 5.74) is 8.09. The molecule has 7 heteroatoms. The van der Waals surface area contributed by atoms with Crippen LogP contribution in [0.25, 0.3) is 10.4 Å². The van der Waals surface area contributed by atoms with Gasteiger partial charge in [-0.05, 0) is 12.1 Å². The third-order valence-corrected chi connectivity index (χ3v) is 3.97. The molecule has 0 spiro atoms. The van der Waals surface area contributed by atoms with Crippen LogP contribution in [0.3, 0.4) is 0 Å². The summed E-state index contributed by atoms with van der Waals surface area (Å²) in [5, 5.41) is 0.527. The van der Waals surface area contributed by atoms with Crippen molar-refractivity contribution in [2.75, 3.05) is 0 Å². The van der Waals surface area contributed by atoms with Crippen LogP contribution in [-0.2, 0) is 0 Å². The van der Waals surface area contributed by atoms with Gasteiger partial charge in [-0.15, -0.1) is 11.3 Å². The Morgan fingerprint density at radius 2 is 1.95 bits per heavy atom. The largest absolute Gasteiger partial charge is 0.366 e. The highest BCUT2D eigenvalue weighted by molar-refractivity contribution is 7.17. The number of rotatable bonds is 3. The van der Waals surface area contributed by atoms with Crippen molar-refractivity contribution >= 4 is 34.8 Å². The van der Waals surface area contributed by atoms with E-state index in [0.717, 1.165) is 16.9 Å². The molecule has 0 radical (unpaired) electrons. The number of amides is 2. The Hall–Kier alpha value is -1.89. The average molecular weight is 296 g/mol. The number of hydrazine groups is 1. The second kappa shape index (κ2) is 5.40. The summed E-state index contributed by atoms with van der Waals surface area (Å²) in [6.45, 7) is 0. The highest BCUT2D eigenvalue weighted by Crippen LogP contribution is 2.35. The number of hydrogen-bond acceptors (Lipinski definition) is 4. The lowest BCUT2D eigenvalue weighted by Gasteiger charge is -1.99. The summed E-state index contributed by atoms with van der Waals surface area (Å²) in [7, 11) is 0. The van der Waals surface area contributed by atoms with Crippen molar-refractivity contribution in [2.45, 2.75) is 0 Å². The molecule has 0 atom stereocenters. The maximum Gasteiger partial charge on any atom is 0.276 e. The van der Waals surface area contributed by atoms with Crippen molar-refractivity contribution < 1.29 is 9.59 Å². The van der Waals surface area contributed by atoms with Gasteiger partial charge in [-0.25, -0.2) is 5.84 Å². The minimum atomic E-state index is -0.687. The number of hydrogen-bond donors (Lipinski definition) is 3. The van der Waals surface area contributed by atoms with Gasteiger partial charge in [0.25, 0.3) is 5.91 Å². The summed E-state index contributed by atoms with van der Waals surface area (Å²) in [4.78, 5) is 23.8. The molecule has 2 aromatic rings. The lowest BCUT2D eigenvalue weighted by molar-refractivity contribution is 0.0940. The first-order valence-corrected chi connectivity index (χ1v) is 6.43. The summed E-state index contributed by atoms with van der Waals surface area (Å²) in [6.07, 6.45) is 0. The molecule has 5 N–H and O–H groups in total. The number of nitrogens with one attached hydrogen (secondary N) is 1. The van der Waals surface area contributed by atoms with E-state index in [4.69, 9.17) is 23.2 Å². The molecule has 2 amide bonds. The number of thiophene rings is 1. The number of carbonyl (C=O) groups excluding carboxylic acids is 2. The molecular weight excluding hydrogens is 286 g/mol. The van der Waals surface area contributed by atoms with Crippen LogP contribution < -0.4 is 17.0 Å². The summed E-state index contributed by atoms with van der Waals surface area (Å²) >= 11 is 7.19. The van der Waals surface area contributed by atoms with Crippen LogP contribution in [0.1, 0.15) is 20.0 Å². The zero-order valence-corrected chi connectivity index (χ0v) is 11.2. The van der Waals surface area contributed by atoms with Crippen LogP contribution in [0.5, 0.6) is 0 Å². The molecule has 0 aliphatic rings. The van der Waals surface area contributed by atoms with Gasteiger partial charge in [0, 0.05) is 15.5 Å². The van der Waals surface area contributed by atoms with E-state index >= 15 is 0 Å². The molecule has 1 aromatic carbocycles. The first-order chi connectivity index (χ1) is 9.04. The lowest BCUT2D eigenvalue weighted by atomic mass is 10.1. The molecule has 1 heterocycles. The van der Waals surface area contributed by atoms with E-state index in [1.54, 1.807) is 24.3 Å². The SMILES string of the molecule is NNC(=O)c1sc(-c2ccccc2Cl)cc1C(N)=O. The molecule has 0 aliphatic carbocycles. The predicted molar refractivity (Wildman–Crippen MR) is 74.9 cm³/mol. The second-order valence-corrected chi connectivity index (χ2v) is 5.13. The fraction of sp³-hybridized carbons (Fsp3) is 0. The van der Waals surface area contributed by atoms with E-state index in [2.05, 4.69) is 0 Å². The summed E-state index contributed by atoms with van der Waals surface area (Å²) in [5.74, 6) is 3.83. The first-order valence-electron chi connectivity index (χ1n) is 5.24. The van der Waals surface area contributed by atoms with Gasteiger partial charge < -0.3 is 5.73 Å². The second-order valence-electron chi connectivity index (χ2n) is 3.67. The monoisotopic (exact) mass is 295 g/mol. The third kappa shape index (κ3) is 2.60. The van der Waals surface area contributed by atoms with Gasteiger partial charge in [0.2, 0.25) is 5.91 Å². The molecule has 0 fully saturated rings. The number of nitrogens with two attached hydrogens (primary N) is 2. The Kier molecular flexibility index (Phi) is 3.84. The van der Waals surface area contributed by atoms with E-state index in [1.165, 1.54) is 0 Å². The third-order valence-electron chi connectivity index (χ3n) is 2.47. The molecule has 98 valence electrons. The molecule has 5 nitrogen and oxygen atoms in total. The Morgan fingerprint density at radius 3 is 2.53 bits per heavy atom. The molecule has 0 saturated heterocycles. The van der Waals surface area contributed by atoms with Gasteiger partial charge in [-0.1, -0.05) is 29.8 Å². The van der Waals surface area contributed by atoms with Gasteiger partial charge in [0.15, 0.2) is 0 Å². The smallest absolute Gasteiger partial charge is 0.276 e. The molecule has 2 rings (SSSR count). The van der Waals surface area contributed by atoms with Crippen LogP contribution in [0, 0.1) is 0 Å². The molecule has 0 bridgehead atoms. The Bertz CT molecular complexity index is 654. The van der Waals surface area contributed by atoms with Crippen molar-refractivity contribution in [3.8, 4) is 10.4 Å². The normalized spacial score (nSPS) is 10.2. The van der Waals surface area contributed by atoms with E-state index in [1.807, 2.05) is 11.5 Å². The topological polar surface area (TPSA) is 98.2 Å². The number of nitrogen functional groups attached to an aromatic ring is 1. The lowest BCUT2D eigenvalue weighted by Crippen LogP contribution is -2.31. The van der Waals surface area contributed by atoms with Crippen molar-refractivity contribution in [2.24, 2.45) is 11.6 Å². The number of primary amides is 1. The van der Waals surface area contributed by atoms with Crippen molar-refractivity contribution in [3.05, 3.63) is 45.8 Å². The minimum absolute atomic E-state index is 0.128. The minimum Gasteiger partial charge on any atom is -0.366 e. The van der Waals surface area contributed by atoms with Gasteiger partial charge in [0.05, 0.1) is 5.56 Å². The maximum absolute atomic E-state index is 11.6. The maximum atomic E-state index is 11.6. The summed E-state index contributed by atoms with van der Waals surface area (Å²) < 4.78 is 0. The van der Waals surface area contributed by atoms with Crippen LogP contribution in [-0.4, -0.2) is 11.8 Å². The fourth-order valence-electron chi connectivity index (χ4n) is 1.60. The van der Waals surface area contributed by atoms with Gasteiger partial charge >= 0.3 is 0 Å². The zero-order valence-electron chi connectivity index (χ0n) is 9.64. The van der Waals surface area contributed by atoms with Gasteiger partial charge in [0.1, 0.15) is 4.88 Å². The summed E-state index contributed by atoms with van der Waals surface area (Å²) in [6, 6.07) is 8.67. The van der Waals surface area contributed by atoms with Crippen LogP contribution in [0.15, 0.2) is 30.3 Å². The predicted octanol–water partition coefficient (Wildman–Crippen LogP) is 1.77. The molecular formula is C12H10ClN3O2S. The number of carbonyl (C=O) groups is 2. The molecule has 0 saturated carbocycles. The van der Waals surface area contributed by atoms with Crippen LogP contribution in [0.4, 0.5) is 0 Å². The number of benzene rings is 1. The molecule has 1 aromatic heterocycles. The average Bonchev–Trinajstić information content (AvgIpc) is 2.83. The van der Waals surface area contributed by atoms with Crippen molar-refractivity contribution in [1.29, 1.82) is 0 Å². The Labute approximate surface area is 118 Å². The van der Waals surface area contributed by atoms with Crippen molar-refractivity contribution in [1.82, 2.24) is 5.43 Å². The zero-order chi connectivity index (χ0) is 14.0. The van der Waals surface area contributed by atoms with Crippen LogP contribution in [0.2, 0.25) is 5.02 Å². The van der Waals surface area contributed by atoms with Crippen molar-refractivity contribution in [3.63, 3.8) is 0 Å². The molecule has 0 aliphatic heterocycles. The number of halogens is 1. The van der Waals surface area contributed by atoms with Gasteiger partial charge in [-0.2, -0.15) is 0 Å². The Morgan fingerprint density at radius 1 is 1.26 bits per heavy atom. The fourth-order valence-corrected chi connectivity index (χ4v) is 3.00. The standard InChI is InChI=1S/C12H10ClN3O2S/c13-8-4-2-1-3-6(8)9-5-7(11(14)17)10(19-9)12(18)16-15/h1-5H,15H2,(H2,14,17)(H,16,18). The van der Waals surface area contributed by atoms with E-state index in [0.29, 0.717) is 9.90 Å². The molecule has 0 unspecified atom stereocenters. The highest BCUT2D eigenvalue weighted by Gasteiger charge is 2.20. The van der Waals surface area contributed by atoms with E-state index in [-0.39, 0.29) is 10.4 Å². The van der Waals surface area contributed by atoms with E-state index < -0.39 is 11.8 Å². The highest BCUT2D eigenvalue weighted by atomic mass is 35.5. The molecule has 19 heavy (non-hydrogen) atoms. The Balaban J connectivity index is 2.58. The van der Waals surface area contributed by atoms with Gasteiger partial charge in [-0.3, -0.25) is 15.0 Å².